The zero-order valence-electron chi connectivity index (χ0n) is 13.7. The summed E-state index contributed by atoms with van der Waals surface area (Å²) in [7, 11) is 0. The molecule has 0 spiro atoms. The van der Waals surface area contributed by atoms with Crippen LogP contribution in [-0.2, 0) is 11.2 Å². The van der Waals surface area contributed by atoms with E-state index in [-0.39, 0.29) is 11.3 Å². The maximum absolute atomic E-state index is 12.1. The van der Waals surface area contributed by atoms with Crippen molar-refractivity contribution in [1.29, 1.82) is 5.26 Å². The molecule has 2 aromatic carbocycles. The summed E-state index contributed by atoms with van der Waals surface area (Å²) < 4.78 is 1.12. The van der Waals surface area contributed by atoms with E-state index in [9.17, 15) is 15.2 Å². The molecule has 2 aromatic rings. The molecule has 0 aliphatic rings. The molecule has 2 rings (SSSR count). The van der Waals surface area contributed by atoms with E-state index in [1.165, 1.54) is 6.20 Å². The summed E-state index contributed by atoms with van der Waals surface area (Å²) in [4.78, 5) is 12.1. The van der Waals surface area contributed by atoms with Crippen molar-refractivity contribution < 1.29 is 9.90 Å². The number of carbonyl (C=O) groups is 1. The van der Waals surface area contributed by atoms with Crippen LogP contribution in [0, 0.1) is 21.8 Å². The van der Waals surface area contributed by atoms with Gasteiger partial charge in [0.15, 0.2) is 0 Å². The Morgan fingerprint density at radius 1 is 1.28 bits per heavy atom. The first-order valence-electron chi connectivity index (χ1n) is 7.68. The minimum Gasteiger partial charge on any atom is -0.508 e. The SMILES string of the molecule is Cc1cc(I)ccc1N/C=C(/C#N)C(=O)NCCc1ccc(O)cc1. The third kappa shape index (κ3) is 5.80. The van der Waals surface area contributed by atoms with Crippen LogP contribution in [0.15, 0.2) is 54.2 Å². The topological polar surface area (TPSA) is 85.2 Å². The van der Waals surface area contributed by atoms with Gasteiger partial charge in [-0.1, -0.05) is 12.1 Å². The number of anilines is 1. The zero-order valence-corrected chi connectivity index (χ0v) is 15.9. The van der Waals surface area contributed by atoms with Crippen molar-refractivity contribution in [2.24, 2.45) is 0 Å². The lowest BCUT2D eigenvalue weighted by Crippen LogP contribution is -2.27. The minimum absolute atomic E-state index is 0.0173. The zero-order chi connectivity index (χ0) is 18.2. The summed E-state index contributed by atoms with van der Waals surface area (Å²) in [6.45, 7) is 2.37. The summed E-state index contributed by atoms with van der Waals surface area (Å²) in [5, 5.41) is 24.2. The lowest BCUT2D eigenvalue weighted by molar-refractivity contribution is -0.117. The number of aryl methyl sites for hydroxylation is 1. The monoisotopic (exact) mass is 447 g/mol. The number of halogens is 1. The molecule has 0 radical (unpaired) electrons. The van der Waals surface area contributed by atoms with E-state index in [1.54, 1.807) is 24.3 Å². The van der Waals surface area contributed by atoms with Gasteiger partial charge in [-0.15, -0.1) is 0 Å². The first kappa shape index (κ1) is 18.8. The number of hydrogen-bond acceptors (Lipinski definition) is 4. The van der Waals surface area contributed by atoms with Crippen molar-refractivity contribution in [3.8, 4) is 11.8 Å². The fourth-order valence-electron chi connectivity index (χ4n) is 2.17. The highest BCUT2D eigenvalue weighted by atomic mass is 127. The van der Waals surface area contributed by atoms with Gasteiger partial charge in [-0.25, -0.2) is 0 Å². The molecule has 0 bridgehead atoms. The largest absolute Gasteiger partial charge is 0.508 e. The number of benzene rings is 2. The number of carbonyl (C=O) groups excluding carboxylic acids is 1. The molecule has 5 nitrogen and oxygen atoms in total. The molecule has 0 aliphatic carbocycles. The van der Waals surface area contributed by atoms with Crippen molar-refractivity contribution >= 4 is 34.2 Å². The summed E-state index contributed by atoms with van der Waals surface area (Å²) in [5.41, 5.74) is 2.90. The average Bonchev–Trinajstić information content (AvgIpc) is 2.59. The van der Waals surface area contributed by atoms with Crippen LogP contribution in [0.3, 0.4) is 0 Å². The van der Waals surface area contributed by atoms with Gasteiger partial charge in [0.25, 0.3) is 5.91 Å². The highest BCUT2D eigenvalue weighted by molar-refractivity contribution is 14.1. The van der Waals surface area contributed by atoms with Crippen LogP contribution >= 0.6 is 22.6 Å². The molecule has 0 unspecified atom stereocenters. The number of phenolic OH excluding ortho intramolecular Hbond substituents is 1. The number of nitriles is 1. The highest BCUT2D eigenvalue weighted by Gasteiger charge is 2.08. The predicted molar refractivity (Wildman–Crippen MR) is 106 cm³/mol. The fourth-order valence-corrected chi connectivity index (χ4v) is 2.81. The second kappa shape index (κ2) is 9.08. The van der Waals surface area contributed by atoms with Crippen molar-refractivity contribution in [3.63, 3.8) is 0 Å². The first-order chi connectivity index (χ1) is 12.0. The van der Waals surface area contributed by atoms with Crippen molar-refractivity contribution in [2.45, 2.75) is 13.3 Å². The standard InChI is InChI=1S/C19H18IN3O2/c1-13-10-16(20)4-7-18(13)23-12-15(11-21)19(25)22-9-8-14-2-5-17(24)6-3-14/h2-7,10,12,23-24H,8-9H2,1H3,(H,22,25)/b15-12-. The third-order valence-corrected chi connectivity index (χ3v) is 4.23. The lowest BCUT2D eigenvalue weighted by atomic mass is 10.1. The smallest absolute Gasteiger partial charge is 0.263 e. The molecule has 6 heteroatoms. The summed E-state index contributed by atoms with van der Waals surface area (Å²) in [6.07, 6.45) is 2.04. The summed E-state index contributed by atoms with van der Waals surface area (Å²) in [6, 6.07) is 14.6. The Morgan fingerprint density at radius 3 is 2.64 bits per heavy atom. The van der Waals surface area contributed by atoms with Gasteiger partial charge in [0.1, 0.15) is 17.4 Å². The predicted octanol–water partition coefficient (Wildman–Crippen LogP) is 3.48. The van der Waals surface area contributed by atoms with Gasteiger partial charge in [-0.05, 0) is 77.4 Å². The minimum atomic E-state index is -0.419. The third-order valence-electron chi connectivity index (χ3n) is 3.56. The molecule has 0 saturated carbocycles. The van der Waals surface area contributed by atoms with E-state index >= 15 is 0 Å². The molecule has 3 N–H and O–H groups in total. The molecule has 0 aromatic heterocycles. The molecule has 128 valence electrons. The van der Waals surface area contributed by atoms with Gasteiger partial charge in [-0.3, -0.25) is 4.79 Å². The number of nitrogens with one attached hydrogen (secondary N) is 2. The van der Waals surface area contributed by atoms with Crippen LogP contribution < -0.4 is 10.6 Å². The quantitative estimate of drug-likeness (QED) is 0.360. The lowest BCUT2D eigenvalue weighted by Gasteiger charge is -2.08. The number of nitrogens with zero attached hydrogens (tertiary/aromatic N) is 1. The van der Waals surface area contributed by atoms with E-state index in [0.29, 0.717) is 13.0 Å². The highest BCUT2D eigenvalue weighted by Crippen LogP contribution is 2.18. The summed E-state index contributed by atoms with van der Waals surface area (Å²) >= 11 is 2.23. The van der Waals surface area contributed by atoms with Crippen LogP contribution in [0.1, 0.15) is 11.1 Å². The van der Waals surface area contributed by atoms with Crippen LogP contribution in [-0.4, -0.2) is 17.6 Å². The van der Waals surface area contributed by atoms with Crippen molar-refractivity contribution in [2.75, 3.05) is 11.9 Å². The van der Waals surface area contributed by atoms with Crippen LogP contribution in [0.25, 0.3) is 0 Å². The number of amides is 1. The van der Waals surface area contributed by atoms with E-state index in [2.05, 4.69) is 33.2 Å². The van der Waals surface area contributed by atoms with Crippen molar-refractivity contribution in [1.82, 2.24) is 5.32 Å². The Morgan fingerprint density at radius 2 is 2.00 bits per heavy atom. The number of rotatable bonds is 6. The Bertz CT molecular complexity index is 824. The van der Waals surface area contributed by atoms with E-state index in [4.69, 9.17) is 0 Å². The van der Waals surface area contributed by atoms with Gasteiger partial charge < -0.3 is 15.7 Å². The van der Waals surface area contributed by atoms with E-state index in [1.807, 2.05) is 31.2 Å². The Balaban J connectivity index is 1.91. The normalized spacial score (nSPS) is 10.8. The molecule has 0 heterocycles. The Labute approximate surface area is 160 Å². The molecular formula is C19H18IN3O2. The second-order valence-electron chi connectivity index (χ2n) is 5.45. The van der Waals surface area contributed by atoms with Crippen LogP contribution in [0.5, 0.6) is 5.75 Å². The average molecular weight is 447 g/mol. The number of phenols is 1. The molecule has 0 aliphatic heterocycles. The maximum atomic E-state index is 12.1. The number of aromatic hydroxyl groups is 1. The van der Waals surface area contributed by atoms with Gasteiger partial charge in [-0.2, -0.15) is 5.26 Å². The van der Waals surface area contributed by atoms with E-state index < -0.39 is 5.91 Å². The van der Waals surface area contributed by atoms with Gasteiger partial charge >= 0.3 is 0 Å². The maximum Gasteiger partial charge on any atom is 0.263 e. The van der Waals surface area contributed by atoms with Crippen LogP contribution in [0.2, 0.25) is 0 Å². The molecule has 0 fully saturated rings. The number of hydrogen-bond donors (Lipinski definition) is 3. The van der Waals surface area contributed by atoms with Gasteiger partial charge in [0, 0.05) is 22.0 Å². The molecule has 25 heavy (non-hydrogen) atoms. The van der Waals surface area contributed by atoms with Crippen molar-refractivity contribution in [3.05, 3.63) is 68.9 Å². The van der Waals surface area contributed by atoms with Crippen LogP contribution in [0.4, 0.5) is 5.69 Å². The first-order valence-corrected chi connectivity index (χ1v) is 8.76. The Kier molecular flexibility index (Phi) is 6.83. The molecule has 0 saturated heterocycles. The van der Waals surface area contributed by atoms with E-state index in [0.717, 1.165) is 20.4 Å². The molecule has 1 amide bonds. The Hall–Kier alpha value is -2.53. The molecule has 0 atom stereocenters. The van der Waals surface area contributed by atoms with Gasteiger partial charge in [0.2, 0.25) is 0 Å². The fraction of sp³-hybridized carbons (Fsp3) is 0.158. The van der Waals surface area contributed by atoms with Gasteiger partial charge in [0.05, 0.1) is 0 Å². The summed E-state index contributed by atoms with van der Waals surface area (Å²) in [5.74, 6) is -0.212. The molecular weight excluding hydrogens is 429 g/mol. The second-order valence-corrected chi connectivity index (χ2v) is 6.69.